The summed E-state index contributed by atoms with van der Waals surface area (Å²) in [6.07, 6.45) is -0.891. The first-order chi connectivity index (χ1) is 27.5. The SMILES string of the molecule is O=C(Cl)Oc1ccccc1.O=C(Oc1ccccc1)Oc1ccc2c(c1)OCC(c1ccc(F)cc1)C2=O.O=C1c2ccc(O)cc2OCC1c1ccc(F)cc1. The fourth-order valence-corrected chi connectivity index (χ4v) is 5.85. The second-order valence-electron chi connectivity index (χ2n) is 12.3. The summed E-state index contributed by atoms with van der Waals surface area (Å²) in [7, 11) is 0. The van der Waals surface area contributed by atoms with E-state index in [4.69, 9.17) is 30.5 Å². The highest BCUT2D eigenvalue weighted by Crippen LogP contribution is 2.36. The number of phenols is 1. The smallest absolute Gasteiger partial charge is 0.508 e. The number of hydrogen-bond acceptors (Lipinski definition) is 10. The fraction of sp³-hybridized carbons (Fsp3) is 0.0909. The van der Waals surface area contributed by atoms with Gasteiger partial charge in [0.05, 0.1) is 23.0 Å². The molecule has 2 aliphatic rings. The Hall–Kier alpha value is -7.05. The molecule has 10 nitrogen and oxygen atoms in total. The maximum Gasteiger partial charge on any atom is 0.519 e. The number of carbonyl (C=O) groups excluding carboxylic acids is 4. The Morgan fingerprint density at radius 2 is 1.00 bits per heavy atom. The first kappa shape index (κ1) is 39.6. The Morgan fingerprint density at radius 3 is 1.49 bits per heavy atom. The van der Waals surface area contributed by atoms with Gasteiger partial charge in [0.25, 0.3) is 0 Å². The fourth-order valence-electron chi connectivity index (χ4n) is 5.76. The molecule has 8 rings (SSSR count). The molecule has 6 aromatic rings. The van der Waals surface area contributed by atoms with Crippen LogP contribution >= 0.6 is 11.6 Å². The van der Waals surface area contributed by atoms with Crippen molar-refractivity contribution in [2.45, 2.75) is 11.8 Å². The zero-order chi connectivity index (χ0) is 40.3. The van der Waals surface area contributed by atoms with Crippen LogP contribution in [-0.4, -0.2) is 41.5 Å². The molecule has 6 aromatic carbocycles. The molecule has 1 N–H and O–H groups in total. The lowest BCUT2D eigenvalue weighted by Gasteiger charge is -2.24. The van der Waals surface area contributed by atoms with E-state index in [9.17, 15) is 33.1 Å². The summed E-state index contributed by atoms with van der Waals surface area (Å²) < 4.78 is 51.9. The van der Waals surface area contributed by atoms with E-state index in [1.54, 1.807) is 91.0 Å². The van der Waals surface area contributed by atoms with Crippen molar-refractivity contribution in [1.29, 1.82) is 0 Å². The molecule has 0 saturated heterocycles. The Morgan fingerprint density at radius 1 is 0.561 bits per heavy atom. The number of hydrogen-bond donors (Lipinski definition) is 1. The number of ketones is 2. The van der Waals surface area contributed by atoms with Gasteiger partial charge in [-0.1, -0.05) is 60.7 Å². The predicted molar refractivity (Wildman–Crippen MR) is 204 cm³/mol. The number of fused-ring (bicyclic) bond motifs is 2. The molecule has 0 spiro atoms. The average Bonchev–Trinajstić information content (AvgIpc) is 3.20. The van der Waals surface area contributed by atoms with Crippen LogP contribution in [0.25, 0.3) is 0 Å². The molecule has 13 heteroatoms. The highest BCUT2D eigenvalue weighted by molar-refractivity contribution is 6.61. The average molecular weight is 793 g/mol. The molecule has 0 aliphatic carbocycles. The molecule has 2 atom stereocenters. The van der Waals surface area contributed by atoms with Gasteiger partial charge in [0.1, 0.15) is 59.3 Å². The molecule has 2 heterocycles. The third kappa shape index (κ3) is 10.6. The third-order valence-electron chi connectivity index (χ3n) is 8.52. The lowest BCUT2D eigenvalue weighted by molar-refractivity contribution is 0.0887. The van der Waals surface area contributed by atoms with Crippen molar-refractivity contribution in [2.24, 2.45) is 0 Å². The van der Waals surface area contributed by atoms with Crippen molar-refractivity contribution < 1.29 is 56.7 Å². The van der Waals surface area contributed by atoms with E-state index >= 15 is 0 Å². The van der Waals surface area contributed by atoms with Crippen LogP contribution < -0.4 is 23.7 Å². The van der Waals surface area contributed by atoms with Crippen LogP contribution in [0.5, 0.6) is 34.5 Å². The second-order valence-corrected chi connectivity index (χ2v) is 12.6. The first-order valence-electron chi connectivity index (χ1n) is 17.2. The summed E-state index contributed by atoms with van der Waals surface area (Å²) in [5.41, 5.74) is 1.42. The van der Waals surface area contributed by atoms with Crippen LogP contribution in [0.4, 0.5) is 18.4 Å². The van der Waals surface area contributed by atoms with Gasteiger partial charge in [-0.3, -0.25) is 9.59 Å². The van der Waals surface area contributed by atoms with Crippen molar-refractivity contribution in [2.75, 3.05) is 13.2 Å². The zero-order valence-electron chi connectivity index (χ0n) is 29.7. The minimum atomic E-state index is -0.891. The highest BCUT2D eigenvalue weighted by atomic mass is 35.5. The lowest BCUT2D eigenvalue weighted by Crippen LogP contribution is -2.26. The normalized spacial score (nSPS) is 15.0. The summed E-state index contributed by atoms with van der Waals surface area (Å²) in [5, 5.41) is 9.35. The number of halogens is 3. The molecular weight excluding hydrogens is 762 g/mol. The number of Topliss-reactive ketones (excluding diaryl/α,β-unsaturated/α-hetero) is 2. The summed E-state index contributed by atoms with van der Waals surface area (Å²) in [6, 6.07) is 37.7. The number of ether oxygens (including phenoxy) is 5. The Bertz CT molecular complexity index is 2360. The van der Waals surface area contributed by atoms with Crippen LogP contribution in [-0.2, 0) is 0 Å². The van der Waals surface area contributed by atoms with Gasteiger partial charge < -0.3 is 28.8 Å². The van der Waals surface area contributed by atoms with Gasteiger partial charge in [-0.15, -0.1) is 0 Å². The number of benzene rings is 6. The van der Waals surface area contributed by atoms with E-state index in [1.165, 1.54) is 48.5 Å². The number of aromatic hydroxyl groups is 1. The molecule has 0 fully saturated rings. The van der Waals surface area contributed by atoms with Gasteiger partial charge in [0, 0.05) is 23.7 Å². The number of para-hydroxylation sites is 2. The van der Waals surface area contributed by atoms with Gasteiger partial charge in [0.2, 0.25) is 0 Å². The van der Waals surface area contributed by atoms with E-state index in [0.717, 1.165) is 5.56 Å². The topological polar surface area (TPSA) is 135 Å². The molecule has 0 amide bonds. The molecule has 2 unspecified atom stereocenters. The van der Waals surface area contributed by atoms with Crippen molar-refractivity contribution in [3.8, 4) is 34.5 Å². The molecule has 288 valence electrons. The van der Waals surface area contributed by atoms with Crippen LogP contribution in [0.2, 0.25) is 0 Å². The van der Waals surface area contributed by atoms with E-state index in [0.29, 0.717) is 39.7 Å². The Labute approximate surface area is 329 Å². The zero-order valence-corrected chi connectivity index (χ0v) is 30.4. The summed E-state index contributed by atoms with van der Waals surface area (Å²) in [4.78, 5) is 47.2. The molecule has 0 aromatic heterocycles. The molecule has 0 radical (unpaired) electrons. The number of phenolic OH excluding ortho intramolecular Hbond substituents is 1. The third-order valence-corrected chi connectivity index (χ3v) is 8.60. The standard InChI is InChI=1S/C22H15FO5.C15H11FO3.C7H5ClO2/c23-15-8-6-14(7-9-15)19-13-26-20-12-17(10-11-18(20)21(19)24)28-22(25)27-16-4-2-1-3-5-16;16-10-3-1-9(2-4-10)13-8-19-14-7-11(17)5-6-12(14)15(13)18;8-7(9)10-6-4-2-1-3-5-6/h1-12,19H,13H2;1-7,13,17H,8H2;1-5H. The highest BCUT2D eigenvalue weighted by Gasteiger charge is 2.31. The molecule has 57 heavy (non-hydrogen) atoms. The molecule has 2 aliphatic heterocycles. The number of carbonyl (C=O) groups is 4. The van der Waals surface area contributed by atoms with Gasteiger partial charge in [0.15, 0.2) is 11.6 Å². The van der Waals surface area contributed by atoms with Gasteiger partial charge in [-0.25, -0.2) is 18.4 Å². The lowest BCUT2D eigenvalue weighted by atomic mass is 9.89. The second kappa shape index (κ2) is 18.5. The molecule has 0 saturated carbocycles. The van der Waals surface area contributed by atoms with Crippen LogP contribution in [0.3, 0.4) is 0 Å². The van der Waals surface area contributed by atoms with Crippen molar-refractivity contribution >= 4 is 34.8 Å². The van der Waals surface area contributed by atoms with Crippen molar-refractivity contribution in [3.05, 3.63) is 179 Å². The summed E-state index contributed by atoms with van der Waals surface area (Å²) in [5.74, 6) is -0.0480. The quantitative estimate of drug-likeness (QED) is 0.102. The Kier molecular flexibility index (Phi) is 12.9. The van der Waals surface area contributed by atoms with Gasteiger partial charge in [-0.05, 0) is 83.9 Å². The van der Waals surface area contributed by atoms with Crippen LogP contribution in [0.15, 0.2) is 146 Å². The number of rotatable bonds is 5. The monoisotopic (exact) mass is 792 g/mol. The van der Waals surface area contributed by atoms with E-state index in [1.807, 2.05) is 6.07 Å². The Balaban J connectivity index is 0.000000162. The molecule has 0 bridgehead atoms. The van der Waals surface area contributed by atoms with Gasteiger partial charge >= 0.3 is 11.6 Å². The summed E-state index contributed by atoms with van der Waals surface area (Å²) >= 11 is 4.95. The minimum absolute atomic E-state index is 0.0618. The maximum atomic E-state index is 13.1. The predicted octanol–water partition coefficient (Wildman–Crippen LogP) is 10.1. The van der Waals surface area contributed by atoms with Gasteiger partial charge in [-0.2, -0.15) is 0 Å². The first-order valence-corrected chi connectivity index (χ1v) is 17.6. The maximum absolute atomic E-state index is 13.1. The summed E-state index contributed by atoms with van der Waals surface area (Å²) in [6.45, 7) is 0.316. The van der Waals surface area contributed by atoms with Crippen molar-refractivity contribution in [1.82, 2.24) is 0 Å². The largest absolute Gasteiger partial charge is 0.519 e. The van der Waals surface area contributed by atoms with Crippen LogP contribution in [0.1, 0.15) is 43.7 Å². The van der Waals surface area contributed by atoms with E-state index < -0.39 is 23.4 Å². The van der Waals surface area contributed by atoms with Crippen LogP contribution in [0, 0.1) is 11.6 Å². The minimum Gasteiger partial charge on any atom is -0.508 e. The van der Waals surface area contributed by atoms with E-state index in [2.05, 4.69) is 4.74 Å². The molecular formula is C44H31ClF2O10. The van der Waals surface area contributed by atoms with Crippen molar-refractivity contribution in [3.63, 3.8) is 0 Å². The van der Waals surface area contributed by atoms with E-state index in [-0.39, 0.29) is 47.9 Å².